The Morgan fingerprint density at radius 3 is 2.47 bits per heavy atom. The highest BCUT2D eigenvalue weighted by Crippen LogP contribution is 2.27. The van der Waals surface area contributed by atoms with Crippen LogP contribution in [-0.4, -0.2) is 29.8 Å². The molecule has 1 saturated heterocycles. The number of nitrogens with zero attached hydrogens (tertiary/aromatic N) is 1. The summed E-state index contributed by atoms with van der Waals surface area (Å²) >= 11 is 1.34. The molecule has 2 atom stereocenters. The van der Waals surface area contributed by atoms with Crippen molar-refractivity contribution in [1.29, 1.82) is 0 Å². The fourth-order valence-corrected chi connectivity index (χ4v) is 3.60. The number of anilines is 1. The fourth-order valence-electron chi connectivity index (χ4n) is 2.68. The molecule has 0 radical (unpaired) electrons. The minimum atomic E-state index is -0.110. The number of rotatable bonds is 2. The summed E-state index contributed by atoms with van der Waals surface area (Å²) in [5.41, 5.74) is 0. The summed E-state index contributed by atoms with van der Waals surface area (Å²) in [6.07, 6.45) is 1.19. The number of piperidine rings is 1. The van der Waals surface area contributed by atoms with Gasteiger partial charge in [0.15, 0.2) is 0 Å². The molecule has 1 fully saturated rings. The molecule has 0 aromatic carbocycles. The van der Waals surface area contributed by atoms with E-state index in [1.807, 2.05) is 4.90 Å². The number of hydrogen-bond acceptors (Lipinski definition) is 3. The summed E-state index contributed by atoms with van der Waals surface area (Å²) in [5, 5.41) is 3.44. The van der Waals surface area contributed by atoms with Crippen molar-refractivity contribution in [3.05, 3.63) is 17.0 Å². The van der Waals surface area contributed by atoms with E-state index in [1.165, 1.54) is 24.7 Å². The van der Waals surface area contributed by atoms with Gasteiger partial charge in [0.2, 0.25) is 5.91 Å². The highest BCUT2D eigenvalue weighted by Gasteiger charge is 2.26. The second kappa shape index (κ2) is 5.74. The van der Waals surface area contributed by atoms with Crippen LogP contribution in [0.2, 0.25) is 0 Å². The first-order valence-electron chi connectivity index (χ1n) is 6.62. The zero-order chi connectivity index (χ0) is 14.0. The van der Waals surface area contributed by atoms with Gasteiger partial charge in [0.1, 0.15) is 0 Å². The number of amides is 2. The molecule has 2 amide bonds. The van der Waals surface area contributed by atoms with Gasteiger partial charge in [0.25, 0.3) is 5.91 Å². The number of nitrogens with one attached hydrogen (secondary N) is 1. The first-order chi connectivity index (χ1) is 8.95. The maximum atomic E-state index is 12.4. The first kappa shape index (κ1) is 14.1. The van der Waals surface area contributed by atoms with Gasteiger partial charge in [-0.25, -0.2) is 0 Å². The number of carbonyl (C=O) groups excluding carboxylic acids is 2. The lowest BCUT2D eigenvalue weighted by Gasteiger charge is -2.34. The summed E-state index contributed by atoms with van der Waals surface area (Å²) in [4.78, 5) is 26.0. The molecule has 104 valence electrons. The Kier molecular flexibility index (Phi) is 4.24. The molecule has 2 heterocycles. The predicted octanol–water partition coefficient (Wildman–Crippen LogP) is 2.82. The van der Waals surface area contributed by atoms with Crippen LogP contribution >= 0.6 is 11.3 Å². The Morgan fingerprint density at radius 2 is 1.89 bits per heavy atom. The molecule has 1 aliphatic rings. The van der Waals surface area contributed by atoms with Crippen LogP contribution in [-0.2, 0) is 4.79 Å². The van der Waals surface area contributed by atoms with Gasteiger partial charge < -0.3 is 10.2 Å². The van der Waals surface area contributed by atoms with Crippen molar-refractivity contribution >= 4 is 28.2 Å². The van der Waals surface area contributed by atoms with Crippen molar-refractivity contribution in [3.8, 4) is 0 Å². The molecule has 4 nitrogen and oxygen atoms in total. The van der Waals surface area contributed by atoms with E-state index in [-0.39, 0.29) is 11.8 Å². The van der Waals surface area contributed by atoms with Crippen molar-refractivity contribution in [2.75, 3.05) is 18.4 Å². The van der Waals surface area contributed by atoms with Crippen molar-refractivity contribution < 1.29 is 9.59 Å². The number of carbonyl (C=O) groups is 2. The van der Waals surface area contributed by atoms with Crippen LogP contribution in [0.15, 0.2) is 12.1 Å². The average Bonchev–Trinajstić information content (AvgIpc) is 2.74. The van der Waals surface area contributed by atoms with E-state index in [4.69, 9.17) is 0 Å². The van der Waals surface area contributed by atoms with Gasteiger partial charge in [-0.3, -0.25) is 9.59 Å². The van der Waals surface area contributed by atoms with Crippen LogP contribution in [0.1, 0.15) is 36.9 Å². The molecule has 1 aromatic heterocycles. The SMILES string of the molecule is CC(=O)Nc1ccc(C(=O)N2CC(C)CC(C)C2)s1. The van der Waals surface area contributed by atoms with E-state index < -0.39 is 0 Å². The van der Waals surface area contributed by atoms with Gasteiger partial charge in [-0.05, 0) is 30.4 Å². The zero-order valence-corrected chi connectivity index (χ0v) is 12.4. The third kappa shape index (κ3) is 3.56. The van der Waals surface area contributed by atoms with Crippen LogP contribution in [0, 0.1) is 11.8 Å². The lowest BCUT2D eigenvalue weighted by atomic mass is 9.92. The third-order valence-electron chi connectivity index (χ3n) is 3.27. The maximum Gasteiger partial charge on any atom is 0.264 e. The topological polar surface area (TPSA) is 49.4 Å². The van der Waals surface area contributed by atoms with Crippen molar-refractivity contribution in [2.24, 2.45) is 11.8 Å². The molecule has 2 unspecified atom stereocenters. The first-order valence-corrected chi connectivity index (χ1v) is 7.44. The summed E-state index contributed by atoms with van der Waals surface area (Å²) < 4.78 is 0. The van der Waals surface area contributed by atoms with Crippen LogP contribution < -0.4 is 5.32 Å². The lowest BCUT2D eigenvalue weighted by Crippen LogP contribution is -2.42. The molecule has 1 aromatic rings. The Bertz CT molecular complexity index is 474. The predicted molar refractivity (Wildman–Crippen MR) is 77.5 cm³/mol. The van der Waals surface area contributed by atoms with Crippen LogP contribution in [0.3, 0.4) is 0 Å². The smallest absolute Gasteiger partial charge is 0.264 e. The standard InChI is InChI=1S/C14H20N2O2S/c1-9-6-10(2)8-16(7-9)14(18)12-4-5-13(19-12)15-11(3)17/h4-5,9-10H,6-8H2,1-3H3,(H,15,17). The quantitative estimate of drug-likeness (QED) is 0.905. The average molecular weight is 280 g/mol. The molecule has 19 heavy (non-hydrogen) atoms. The molecular weight excluding hydrogens is 260 g/mol. The van der Waals surface area contributed by atoms with Gasteiger partial charge in [0, 0.05) is 20.0 Å². The van der Waals surface area contributed by atoms with E-state index in [1.54, 1.807) is 12.1 Å². The highest BCUT2D eigenvalue weighted by atomic mass is 32.1. The Balaban J connectivity index is 2.06. The Morgan fingerprint density at radius 1 is 1.26 bits per heavy atom. The Labute approximate surface area is 117 Å². The van der Waals surface area contributed by atoms with Gasteiger partial charge >= 0.3 is 0 Å². The molecule has 1 N–H and O–H groups in total. The fraction of sp³-hybridized carbons (Fsp3) is 0.571. The maximum absolute atomic E-state index is 12.4. The minimum absolute atomic E-state index is 0.0833. The molecule has 0 bridgehead atoms. The summed E-state index contributed by atoms with van der Waals surface area (Å²) in [5.74, 6) is 1.09. The van der Waals surface area contributed by atoms with Gasteiger partial charge in [0.05, 0.1) is 9.88 Å². The molecule has 2 rings (SSSR count). The highest BCUT2D eigenvalue weighted by molar-refractivity contribution is 7.18. The van der Waals surface area contributed by atoms with E-state index in [0.29, 0.717) is 16.7 Å². The van der Waals surface area contributed by atoms with E-state index in [9.17, 15) is 9.59 Å². The largest absolute Gasteiger partial charge is 0.337 e. The van der Waals surface area contributed by atoms with Crippen molar-refractivity contribution in [3.63, 3.8) is 0 Å². The lowest BCUT2D eigenvalue weighted by molar-refractivity contribution is -0.114. The van der Waals surface area contributed by atoms with Crippen LogP contribution in [0.5, 0.6) is 0 Å². The Hall–Kier alpha value is -1.36. The van der Waals surface area contributed by atoms with Crippen LogP contribution in [0.4, 0.5) is 5.00 Å². The molecular formula is C14H20N2O2S. The number of likely N-dealkylation sites (tertiary alicyclic amines) is 1. The van der Waals surface area contributed by atoms with Gasteiger partial charge in [-0.1, -0.05) is 13.8 Å². The monoisotopic (exact) mass is 280 g/mol. The van der Waals surface area contributed by atoms with E-state index in [0.717, 1.165) is 18.1 Å². The molecule has 0 aliphatic carbocycles. The summed E-state index contributed by atoms with van der Waals surface area (Å²) in [6.45, 7) is 7.50. The second-order valence-corrected chi connectivity index (χ2v) is 6.59. The second-order valence-electron chi connectivity index (χ2n) is 5.50. The van der Waals surface area contributed by atoms with Crippen molar-refractivity contribution in [1.82, 2.24) is 4.90 Å². The van der Waals surface area contributed by atoms with E-state index in [2.05, 4.69) is 19.2 Å². The van der Waals surface area contributed by atoms with Gasteiger partial charge in [-0.15, -0.1) is 11.3 Å². The number of hydrogen-bond donors (Lipinski definition) is 1. The van der Waals surface area contributed by atoms with E-state index >= 15 is 0 Å². The number of thiophene rings is 1. The summed E-state index contributed by atoms with van der Waals surface area (Å²) in [7, 11) is 0. The minimum Gasteiger partial charge on any atom is -0.337 e. The third-order valence-corrected chi connectivity index (χ3v) is 4.26. The molecule has 0 spiro atoms. The summed E-state index contributed by atoms with van der Waals surface area (Å²) in [6, 6.07) is 3.58. The molecule has 1 aliphatic heterocycles. The van der Waals surface area contributed by atoms with Gasteiger partial charge in [-0.2, -0.15) is 0 Å². The molecule has 5 heteroatoms. The zero-order valence-electron chi connectivity index (χ0n) is 11.6. The van der Waals surface area contributed by atoms with Crippen molar-refractivity contribution in [2.45, 2.75) is 27.2 Å². The normalized spacial score (nSPS) is 23.2. The molecule has 0 saturated carbocycles. The van der Waals surface area contributed by atoms with Crippen LogP contribution in [0.25, 0.3) is 0 Å².